The monoisotopic (exact) mass is 790 g/mol. The number of fused-ring (bicyclic) bond motifs is 11. The van der Waals surface area contributed by atoms with Crippen molar-refractivity contribution in [2.45, 2.75) is 0 Å². The van der Waals surface area contributed by atoms with Gasteiger partial charge in [-0.2, -0.15) is 0 Å². The fourth-order valence-corrected chi connectivity index (χ4v) is 9.44. The number of aromatic nitrogens is 4. The van der Waals surface area contributed by atoms with Gasteiger partial charge in [0.25, 0.3) is 0 Å². The fraction of sp³-hybridized carbons (Fsp3) is 0. The van der Waals surface area contributed by atoms with Gasteiger partial charge in [0.15, 0.2) is 17.5 Å². The minimum Gasteiger partial charge on any atom is -0.455 e. The second-order valence-electron chi connectivity index (χ2n) is 16.0. The van der Waals surface area contributed by atoms with E-state index in [4.69, 9.17) is 19.4 Å². The zero-order chi connectivity index (χ0) is 40.7. The summed E-state index contributed by atoms with van der Waals surface area (Å²) < 4.78 is 9.29. The molecule has 0 aliphatic heterocycles. The highest BCUT2D eigenvalue weighted by Crippen LogP contribution is 2.44. The summed E-state index contributed by atoms with van der Waals surface area (Å²) in [5.41, 5.74) is 10.1. The van der Waals surface area contributed by atoms with Gasteiger partial charge in [0.05, 0.1) is 16.7 Å². The summed E-state index contributed by atoms with van der Waals surface area (Å²) in [7, 11) is 0. The molecule has 0 radical (unpaired) electrons. The Morgan fingerprint density at radius 3 is 1.69 bits per heavy atom. The number of rotatable bonds is 5. The highest BCUT2D eigenvalue weighted by atomic mass is 16.3. The molecule has 3 heterocycles. The van der Waals surface area contributed by atoms with Gasteiger partial charge in [0, 0.05) is 54.4 Å². The van der Waals surface area contributed by atoms with Crippen molar-refractivity contribution in [1.82, 2.24) is 19.5 Å². The Balaban J connectivity index is 1.07. The molecule has 0 N–H and O–H groups in total. The third-order valence-corrected chi connectivity index (χ3v) is 12.4. The molecule has 0 aliphatic rings. The zero-order valence-corrected chi connectivity index (χ0v) is 33.3. The molecule has 0 atom stereocenters. The Kier molecular flexibility index (Phi) is 7.54. The van der Waals surface area contributed by atoms with Crippen molar-refractivity contribution in [2.75, 3.05) is 0 Å². The third kappa shape index (κ3) is 5.38. The van der Waals surface area contributed by atoms with Crippen molar-refractivity contribution in [3.05, 3.63) is 206 Å². The van der Waals surface area contributed by atoms with Gasteiger partial charge in [-0.05, 0) is 69.8 Å². The number of benzene rings is 10. The summed E-state index contributed by atoms with van der Waals surface area (Å²) >= 11 is 0. The molecule has 0 bridgehead atoms. The van der Waals surface area contributed by atoms with Gasteiger partial charge in [0.2, 0.25) is 0 Å². The van der Waals surface area contributed by atoms with E-state index in [1.807, 2.05) is 36.4 Å². The molecule has 0 unspecified atom stereocenters. The molecular formula is C57H34N4O. The predicted molar refractivity (Wildman–Crippen MR) is 256 cm³/mol. The van der Waals surface area contributed by atoms with Crippen LogP contribution in [0.25, 0.3) is 127 Å². The van der Waals surface area contributed by atoms with E-state index in [0.29, 0.717) is 17.5 Å². The quantitative estimate of drug-likeness (QED) is 0.174. The molecule has 5 nitrogen and oxygen atoms in total. The maximum atomic E-state index is 6.81. The Labute approximate surface area is 355 Å². The Morgan fingerprint density at radius 1 is 0.323 bits per heavy atom. The van der Waals surface area contributed by atoms with Crippen molar-refractivity contribution in [2.24, 2.45) is 0 Å². The Morgan fingerprint density at radius 2 is 0.919 bits per heavy atom. The average Bonchev–Trinajstić information content (AvgIpc) is 3.88. The lowest BCUT2D eigenvalue weighted by Gasteiger charge is -2.14. The van der Waals surface area contributed by atoms with Gasteiger partial charge in [-0.1, -0.05) is 164 Å². The lowest BCUT2D eigenvalue weighted by molar-refractivity contribution is 0.672. The number of furan rings is 1. The minimum atomic E-state index is 0.594. The third-order valence-electron chi connectivity index (χ3n) is 12.4. The average molecular weight is 791 g/mol. The largest absolute Gasteiger partial charge is 0.455 e. The van der Waals surface area contributed by atoms with Gasteiger partial charge in [-0.25, -0.2) is 15.0 Å². The number of hydrogen-bond acceptors (Lipinski definition) is 4. The van der Waals surface area contributed by atoms with Crippen molar-refractivity contribution < 1.29 is 4.42 Å². The van der Waals surface area contributed by atoms with Crippen molar-refractivity contribution in [1.29, 1.82) is 0 Å². The van der Waals surface area contributed by atoms with Crippen molar-refractivity contribution in [3.8, 4) is 51.0 Å². The Bertz CT molecular complexity index is 3920. The maximum absolute atomic E-state index is 6.81. The van der Waals surface area contributed by atoms with E-state index in [0.717, 1.165) is 71.7 Å². The summed E-state index contributed by atoms with van der Waals surface area (Å²) in [5, 5.41) is 11.5. The second-order valence-corrected chi connectivity index (χ2v) is 16.0. The van der Waals surface area contributed by atoms with Crippen LogP contribution in [0.1, 0.15) is 0 Å². The summed E-state index contributed by atoms with van der Waals surface area (Å²) in [4.78, 5) is 15.4. The minimum absolute atomic E-state index is 0.594. The van der Waals surface area contributed by atoms with Crippen LogP contribution in [0.5, 0.6) is 0 Å². The summed E-state index contributed by atoms with van der Waals surface area (Å²) in [5.74, 6) is 1.83. The van der Waals surface area contributed by atoms with Crippen LogP contribution in [-0.2, 0) is 0 Å². The van der Waals surface area contributed by atoms with Crippen LogP contribution in [0, 0.1) is 0 Å². The topological polar surface area (TPSA) is 56.7 Å². The predicted octanol–water partition coefficient (Wildman–Crippen LogP) is 15.0. The first kappa shape index (κ1) is 34.5. The fourth-order valence-electron chi connectivity index (χ4n) is 9.44. The van der Waals surface area contributed by atoms with Crippen molar-refractivity contribution >= 4 is 76.1 Å². The first-order chi connectivity index (χ1) is 30.7. The molecule has 0 aliphatic carbocycles. The van der Waals surface area contributed by atoms with Gasteiger partial charge < -0.3 is 8.98 Å². The van der Waals surface area contributed by atoms with Gasteiger partial charge >= 0.3 is 0 Å². The summed E-state index contributed by atoms with van der Waals surface area (Å²) in [6.45, 7) is 0. The molecule has 0 saturated carbocycles. The van der Waals surface area contributed by atoms with Crippen LogP contribution in [0.15, 0.2) is 211 Å². The molecule has 62 heavy (non-hydrogen) atoms. The van der Waals surface area contributed by atoms with Crippen LogP contribution in [0.4, 0.5) is 0 Å². The normalized spacial score (nSPS) is 11.9. The van der Waals surface area contributed by atoms with Gasteiger partial charge in [0.1, 0.15) is 11.2 Å². The first-order valence-corrected chi connectivity index (χ1v) is 20.9. The van der Waals surface area contributed by atoms with Crippen LogP contribution >= 0.6 is 0 Å². The van der Waals surface area contributed by atoms with E-state index in [2.05, 4.69) is 174 Å². The summed E-state index contributed by atoms with van der Waals surface area (Å²) in [6.07, 6.45) is 0. The Hall–Kier alpha value is -8.41. The molecule has 13 aromatic rings. The highest BCUT2D eigenvalue weighted by molar-refractivity contribution is 6.23. The molecule has 0 spiro atoms. The van der Waals surface area contributed by atoms with E-state index in [1.54, 1.807) is 0 Å². The molecule has 0 saturated heterocycles. The van der Waals surface area contributed by atoms with Gasteiger partial charge in [-0.3, -0.25) is 0 Å². The van der Waals surface area contributed by atoms with Crippen LogP contribution < -0.4 is 0 Å². The van der Waals surface area contributed by atoms with E-state index >= 15 is 0 Å². The highest BCUT2D eigenvalue weighted by Gasteiger charge is 2.22. The van der Waals surface area contributed by atoms with Crippen LogP contribution in [-0.4, -0.2) is 19.5 Å². The van der Waals surface area contributed by atoms with Crippen LogP contribution in [0.2, 0.25) is 0 Å². The second kappa shape index (κ2) is 13.6. The lowest BCUT2D eigenvalue weighted by Crippen LogP contribution is -2.00. The molecule has 0 amide bonds. The molecular weight excluding hydrogens is 757 g/mol. The summed E-state index contributed by atoms with van der Waals surface area (Å²) in [6, 6.07) is 72.8. The van der Waals surface area contributed by atoms with E-state index < -0.39 is 0 Å². The molecule has 10 aromatic carbocycles. The standard InChI is InChI=1S/C57H34N4O/c1-3-14-35(15-4-1)38-21-13-22-41(30-38)56-58-55(37-17-5-2-6-18-37)59-57(60-56)42-27-29-52-48(32-42)49-34-51(44-24-11-12-25-46(44)54(49)62-52)61-50-33-40-20-8-7-19-39(40)31-47(50)45-28-26-36-16-9-10-23-43(36)53(45)61/h1-34H. The zero-order valence-electron chi connectivity index (χ0n) is 33.3. The van der Waals surface area contributed by atoms with E-state index in [-0.39, 0.29) is 0 Å². The molecule has 3 aromatic heterocycles. The molecule has 5 heteroatoms. The van der Waals surface area contributed by atoms with Crippen LogP contribution in [0.3, 0.4) is 0 Å². The van der Waals surface area contributed by atoms with Crippen molar-refractivity contribution in [3.63, 3.8) is 0 Å². The van der Waals surface area contributed by atoms with E-state index in [9.17, 15) is 0 Å². The smallest absolute Gasteiger partial charge is 0.164 e. The maximum Gasteiger partial charge on any atom is 0.164 e. The number of nitrogens with zero attached hydrogens (tertiary/aromatic N) is 4. The molecule has 0 fully saturated rings. The molecule has 13 rings (SSSR count). The number of hydrogen-bond donors (Lipinski definition) is 0. The van der Waals surface area contributed by atoms with Gasteiger partial charge in [-0.15, -0.1) is 0 Å². The first-order valence-electron chi connectivity index (χ1n) is 20.9. The molecule has 288 valence electrons. The van der Waals surface area contributed by atoms with E-state index in [1.165, 1.54) is 37.8 Å². The SMILES string of the molecule is c1ccc(-c2cccc(-c3nc(-c4ccccc4)nc(-c4ccc5oc6c7ccccc7c(-n7c8cc9ccccc9cc8c8ccc9ccccc9c87)cc6c5c4)n3)c2)cc1. The lowest BCUT2D eigenvalue weighted by atomic mass is 10.0.